The highest BCUT2D eigenvalue weighted by Crippen LogP contribution is 2.20. The maximum absolute atomic E-state index is 11.2. The van der Waals surface area contributed by atoms with Gasteiger partial charge in [0.25, 0.3) is 0 Å². The molecule has 0 fully saturated rings. The molecule has 4 nitrogen and oxygen atoms in total. The molecular weight excluding hydrogens is 264 g/mol. The summed E-state index contributed by atoms with van der Waals surface area (Å²) in [4.78, 5) is 13.5. The molecule has 1 rings (SSSR count). The van der Waals surface area contributed by atoms with E-state index in [2.05, 4.69) is 36.2 Å². The molecule has 0 bridgehead atoms. The molecular formula is C17H28N2O2. The van der Waals surface area contributed by atoms with Crippen LogP contribution in [0.1, 0.15) is 39.3 Å². The van der Waals surface area contributed by atoms with Crippen LogP contribution < -0.4 is 5.32 Å². The molecule has 0 amide bonds. The Balaban J connectivity index is 2.73. The molecule has 0 spiro atoms. The van der Waals surface area contributed by atoms with Gasteiger partial charge in [0.2, 0.25) is 0 Å². The van der Waals surface area contributed by atoms with Crippen molar-refractivity contribution < 1.29 is 9.90 Å². The number of carboxylic acid groups (broad SMARTS) is 1. The van der Waals surface area contributed by atoms with Crippen molar-refractivity contribution in [3.05, 3.63) is 35.9 Å². The maximum Gasteiger partial charge on any atom is 0.310 e. The lowest BCUT2D eigenvalue weighted by Crippen LogP contribution is -2.41. The van der Waals surface area contributed by atoms with E-state index in [1.54, 1.807) is 13.8 Å². The van der Waals surface area contributed by atoms with E-state index in [1.807, 2.05) is 18.2 Å². The van der Waals surface area contributed by atoms with Gasteiger partial charge >= 0.3 is 5.97 Å². The monoisotopic (exact) mass is 292 g/mol. The molecule has 1 atom stereocenters. The van der Waals surface area contributed by atoms with Crippen molar-refractivity contribution in [1.29, 1.82) is 0 Å². The Morgan fingerprint density at radius 1 is 1.24 bits per heavy atom. The SMILES string of the molecule is CCN(CC)C(CNCC(C)(C)C(=O)O)c1ccccc1. The first-order valence-electron chi connectivity index (χ1n) is 7.65. The Morgan fingerprint density at radius 3 is 2.29 bits per heavy atom. The van der Waals surface area contributed by atoms with E-state index in [0.29, 0.717) is 6.54 Å². The average Bonchev–Trinajstić information content (AvgIpc) is 2.47. The lowest BCUT2D eigenvalue weighted by Gasteiger charge is -2.31. The molecule has 4 heteroatoms. The van der Waals surface area contributed by atoms with E-state index in [-0.39, 0.29) is 6.04 Å². The molecule has 1 aromatic carbocycles. The third-order valence-corrected chi connectivity index (χ3v) is 3.92. The van der Waals surface area contributed by atoms with Gasteiger partial charge in [-0.15, -0.1) is 0 Å². The van der Waals surface area contributed by atoms with Crippen LogP contribution in [0.4, 0.5) is 0 Å². The van der Waals surface area contributed by atoms with Gasteiger partial charge in [-0.3, -0.25) is 9.69 Å². The Morgan fingerprint density at radius 2 is 1.81 bits per heavy atom. The smallest absolute Gasteiger partial charge is 0.310 e. The van der Waals surface area contributed by atoms with Gasteiger partial charge in [-0.2, -0.15) is 0 Å². The van der Waals surface area contributed by atoms with Crippen LogP contribution in [-0.2, 0) is 4.79 Å². The number of likely N-dealkylation sites (N-methyl/N-ethyl adjacent to an activating group) is 1. The van der Waals surface area contributed by atoms with Crippen LogP contribution in [0.5, 0.6) is 0 Å². The normalized spacial score (nSPS) is 13.4. The van der Waals surface area contributed by atoms with Crippen LogP contribution >= 0.6 is 0 Å². The van der Waals surface area contributed by atoms with E-state index in [0.717, 1.165) is 19.6 Å². The van der Waals surface area contributed by atoms with Gasteiger partial charge < -0.3 is 10.4 Å². The molecule has 118 valence electrons. The van der Waals surface area contributed by atoms with E-state index in [9.17, 15) is 9.90 Å². The van der Waals surface area contributed by atoms with Crippen molar-refractivity contribution in [3.63, 3.8) is 0 Å². The first-order chi connectivity index (χ1) is 9.92. The number of carbonyl (C=O) groups is 1. The molecule has 1 unspecified atom stereocenters. The molecule has 0 aromatic heterocycles. The van der Waals surface area contributed by atoms with Gasteiger partial charge in [0.05, 0.1) is 5.41 Å². The van der Waals surface area contributed by atoms with Crippen LogP contribution in [0, 0.1) is 5.41 Å². The van der Waals surface area contributed by atoms with Gasteiger partial charge in [0, 0.05) is 19.1 Å². The predicted octanol–water partition coefficient (Wildman–Crippen LogP) is 2.77. The van der Waals surface area contributed by atoms with Crippen LogP contribution in [0.25, 0.3) is 0 Å². The van der Waals surface area contributed by atoms with Crippen molar-refractivity contribution in [3.8, 4) is 0 Å². The number of hydrogen-bond acceptors (Lipinski definition) is 3. The first-order valence-corrected chi connectivity index (χ1v) is 7.65. The van der Waals surface area contributed by atoms with Crippen LogP contribution in [0.15, 0.2) is 30.3 Å². The van der Waals surface area contributed by atoms with Crippen LogP contribution in [0.2, 0.25) is 0 Å². The Labute approximate surface area is 128 Å². The number of benzene rings is 1. The second kappa shape index (κ2) is 8.15. The summed E-state index contributed by atoms with van der Waals surface area (Å²) in [5, 5.41) is 12.5. The number of aliphatic carboxylic acids is 1. The fraction of sp³-hybridized carbons (Fsp3) is 0.588. The van der Waals surface area contributed by atoms with E-state index in [1.165, 1.54) is 5.56 Å². The minimum absolute atomic E-state index is 0.269. The fourth-order valence-corrected chi connectivity index (χ4v) is 2.39. The summed E-state index contributed by atoms with van der Waals surface area (Å²) in [6.45, 7) is 11.0. The third-order valence-electron chi connectivity index (χ3n) is 3.92. The molecule has 2 N–H and O–H groups in total. The Bertz CT molecular complexity index is 428. The summed E-state index contributed by atoms with van der Waals surface area (Å²) >= 11 is 0. The zero-order valence-corrected chi connectivity index (χ0v) is 13.6. The quantitative estimate of drug-likeness (QED) is 0.735. The highest BCUT2D eigenvalue weighted by Gasteiger charge is 2.27. The number of nitrogens with zero attached hydrogens (tertiary/aromatic N) is 1. The topological polar surface area (TPSA) is 52.6 Å². The summed E-state index contributed by atoms with van der Waals surface area (Å²) in [5.74, 6) is -0.769. The number of hydrogen-bond donors (Lipinski definition) is 2. The van der Waals surface area contributed by atoms with E-state index in [4.69, 9.17) is 0 Å². The summed E-state index contributed by atoms with van der Waals surface area (Å²) in [5.41, 5.74) is 0.520. The largest absolute Gasteiger partial charge is 0.481 e. The van der Waals surface area contributed by atoms with Gasteiger partial charge in [-0.25, -0.2) is 0 Å². The summed E-state index contributed by atoms with van der Waals surface area (Å²) in [6.07, 6.45) is 0. The zero-order chi connectivity index (χ0) is 15.9. The highest BCUT2D eigenvalue weighted by molar-refractivity contribution is 5.73. The van der Waals surface area contributed by atoms with Crippen molar-refractivity contribution >= 4 is 5.97 Å². The minimum Gasteiger partial charge on any atom is -0.481 e. The fourth-order valence-electron chi connectivity index (χ4n) is 2.39. The van der Waals surface area contributed by atoms with Crippen molar-refractivity contribution in [1.82, 2.24) is 10.2 Å². The van der Waals surface area contributed by atoms with Gasteiger partial charge in [0.15, 0.2) is 0 Å². The molecule has 0 aliphatic rings. The van der Waals surface area contributed by atoms with E-state index >= 15 is 0 Å². The molecule has 21 heavy (non-hydrogen) atoms. The lowest BCUT2D eigenvalue weighted by molar-refractivity contribution is -0.146. The molecule has 0 saturated heterocycles. The second-order valence-electron chi connectivity index (χ2n) is 5.97. The minimum atomic E-state index is -0.769. The van der Waals surface area contributed by atoms with E-state index < -0.39 is 11.4 Å². The molecule has 0 aliphatic heterocycles. The maximum atomic E-state index is 11.2. The molecule has 0 aliphatic carbocycles. The average molecular weight is 292 g/mol. The number of nitrogens with one attached hydrogen (secondary N) is 1. The highest BCUT2D eigenvalue weighted by atomic mass is 16.4. The van der Waals surface area contributed by atoms with Crippen LogP contribution in [-0.4, -0.2) is 42.2 Å². The van der Waals surface area contributed by atoms with Gasteiger partial charge in [0.1, 0.15) is 0 Å². The standard InChI is InChI=1S/C17H28N2O2/c1-5-19(6-2)15(14-10-8-7-9-11-14)12-18-13-17(3,4)16(20)21/h7-11,15,18H,5-6,12-13H2,1-4H3,(H,20,21). The number of carboxylic acids is 1. The third kappa shape index (κ3) is 5.14. The van der Waals surface area contributed by atoms with Crippen molar-refractivity contribution in [2.24, 2.45) is 5.41 Å². The Kier molecular flexibility index (Phi) is 6.85. The van der Waals surface area contributed by atoms with Crippen molar-refractivity contribution in [2.75, 3.05) is 26.2 Å². The molecule has 1 aromatic rings. The summed E-state index contributed by atoms with van der Waals surface area (Å²) in [6, 6.07) is 10.6. The molecule has 0 heterocycles. The molecule has 0 saturated carbocycles. The Hall–Kier alpha value is -1.39. The zero-order valence-electron chi connectivity index (χ0n) is 13.6. The van der Waals surface area contributed by atoms with Crippen molar-refractivity contribution in [2.45, 2.75) is 33.7 Å². The summed E-state index contributed by atoms with van der Waals surface area (Å²) in [7, 11) is 0. The lowest BCUT2D eigenvalue weighted by atomic mass is 9.93. The predicted molar refractivity (Wildman–Crippen MR) is 86.4 cm³/mol. The number of rotatable bonds is 9. The second-order valence-corrected chi connectivity index (χ2v) is 5.97. The van der Waals surface area contributed by atoms with Gasteiger partial charge in [-0.05, 0) is 32.5 Å². The van der Waals surface area contributed by atoms with Gasteiger partial charge in [-0.1, -0.05) is 44.2 Å². The first kappa shape index (κ1) is 17.7. The molecule has 0 radical (unpaired) electrons. The summed E-state index contributed by atoms with van der Waals surface area (Å²) < 4.78 is 0. The van der Waals surface area contributed by atoms with Crippen LogP contribution in [0.3, 0.4) is 0 Å².